The number of rotatable bonds is 5. The molecular weight excluding hydrogens is 432 g/mol. The summed E-state index contributed by atoms with van der Waals surface area (Å²) in [6, 6.07) is 12.2. The van der Waals surface area contributed by atoms with Gasteiger partial charge < -0.3 is 14.0 Å². The molecule has 0 saturated carbocycles. The summed E-state index contributed by atoms with van der Waals surface area (Å²) in [4.78, 5) is 29.0. The molecule has 0 bridgehead atoms. The summed E-state index contributed by atoms with van der Waals surface area (Å²) >= 11 is 4.91. The van der Waals surface area contributed by atoms with E-state index in [9.17, 15) is 9.59 Å². The lowest BCUT2D eigenvalue weighted by Gasteiger charge is -2.04. The fourth-order valence-corrected chi connectivity index (χ4v) is 4.16. The Morgan fingerprint density at radius 1 is 1.11 bits per heavy atom. The summed E-state index contributed by atoms with van der Waals surface area (Å²) in [5.74, 6) is -0.818. The van der Waals surface area contributed by atoms with Crippen molar-refractivity contribution in [2.75, 3.05) is 20.8 Å². The number of benzene rings is 2. The Labute approximate surface area is 168 Å². The van der Waals surface area contributed by atoms with Crippen LogP contribution in [0, 0.1) is 0 Å². The van der Waals surface area contributed by atoms with Crippen molar-refractivity contribution in [3.05, 3.63) is 62.9 Å². The molecule has 0 N–H and O–H groups in total. The smallest absolute Gasteiger partial charge is 0.337 e. The maximum atomic E-state index is 12.6. The quantitative estimate of drug-likeness (QED) is 0.558. The molecule has 140 valence electrons. The van der Waals surface area contributed by atoms with Crippen LogP contribution >= 0.6 is 27.3 Å². The van der Waals surface area contributed by atoms with Crippen LogP contribution < -0.4 is 4.80 Å². The molecule has 3 rings (SSSR count). The molecule has 1 heterocycles. The highest BCUT2D eigenvalue weighted by atomic mass is 79.9. The molecule has 0 aliphatic carbocycles. The first-order valence-corrected chi connectivity index (χ1v) is 9.69. The van der Waals surface area contributed by atoms with Crippen LogP contribution in [0.25, 0.3) is 10.2 Å². The van der Waals surface area contributed by atoms with Gasteiger partial charge in [0.2, 0.25) is 0 Å². The van der Waals surface area contributed by atoms with E-state index in [1.807, 2.05) is 22.8 Å². The lowest BCUT2D eigenvalue weighted by Crippen LogP contribution is -2.19. The predicted octanol–water partition coefficient (Wildman–Crippen LogP) is 3.64. The Balaban J connectivity index is 2.01. The molecule has 27 heavy (non-hydrogen) atoms. The van der Waals surface area contributed by atoms with E-state index in [0.717, 1.165) is 14.7 Å². The Bertz CT molecular complexity index is 1050. The Morgan fingerprint density at radius 2 is 1.81 bits per heavy atom. The first kappa shape index (κ1) is 19.5. The number of carbonyl (C=O) groups is 2. The van der Waals surface area contributed by atoms with E-state index in [1.54, 1.807) is 31.4 Å². The molecule has 2 aromatic carbocycles. The van der Waals surface area contributed by atoms with Crippen molar-refractivity contribution >= 4 is 49.4 Å². The molecule has 1 aromatic heterocycles. The largest absolute Gasteiger partial charge is 0.465 e. The molecule has 0 aliphatic heterocycles. The van der Waals surface area contributed by atoms with E-state index in [4.69, 9.17) is 4.74 Å². The zero-order valence-corrected chi connectivity index (χ0v) is 17.2. The first-order valence-electron chi connectivity index (χ1n) is 8.08. The van der Waals surface area contributed by atoms with Gasteiger partial charge in [0, 0.05) is 23.7 Å². The van der Waals surface area contributed by atoms with Gasteiger partial charge in [-0.15, -0.1) is 0 Å². The zero-order valence-electron chi connectivity index (χ0n) is 14.8. The van der Waals surface area contributed by atoms with E-state index < -0.39 is 5.97 Å². The SMILES string of the molecule is COCCn1c(=NC(=O)c2ccc(C(=O)OC)cc2)sc2cc(Br)ccc21. The van der Waals surface area contributed by atoms with Gasteiger partial charge in [0.05, 0.1) is 29.5 Å². The number of hydrogen-bond donors (Lipinski definition) is 0. The molecule has 0 aliphatic rings. The van der Waals surface area contributed by atoms with Crippen molar-refractivity contribution in [2.24, 2.45) is 4.99 Å². The van der Waals surface area contributed by atoms with Gasteiger partial charge in [0.1, 0.15) is 0 Å². The minimum atomic E-state index is -0.446. The fourth-order valence-electron chi connectivity index (χ4n) is 2.55. The molecular formula is C19H17BrN2O4S. The molecule has 1 amide bonds. The van der Waals surface area contributed by atoms with Gasteiger partial charge in [-0.05, 0) is 42.5 Å². The molecule has 0 saturated heterocycles. The van der Waals surface area contributed by atoms with Crippen molar-refractivity contribution in [1.82, 2.24) is 4.57 Å². The first-order chi connectivity index (χ1) is 13.0. The average molecular weight is 449 g/mol. The predicted molar refractivity (Wildman–Crippen MR) is 107 cm³/mol. The second-order valence-electron chi connectivity index (χ2n) is 5.63. The molecule has 6 nitrogen and oxygen atoms in total. The molecule has 0 atom stereocenters. The van der Waals surface area contributed by atoms with Crippen molar-refractivity contribution in [2.45, 2.75) is 6.54 Å². The third kappa shape index (κ3) is 4.35. The summed E-state index contributed by atoms with van der Waals surface area (Å²) < 4.78 is 13.8. The lowest BCUT2D eigenvalue weighted by molar-refractivity contribution is 0.0600. The maximum absolute atomic E-state index is 12.6. The number of amides is 1. The van der Waals surface area contributed by atoms with Gasteiger partial charge in [0.25, 0.3) is 5.91 Å². The van der Waals surface area contributed by atoms with E-state index in [0.29, 0.717) is 29.1 Å². The van der Waals surface area contributed by atoms with Gasteiger partial charge in [-0.25, -0.2) is 4.79 Å². The van der Waals surface area contributed by atoms with Gasteiger partial charge in [-0.3, -0.25) is 4.79 Å². The van der Waals surface area contributed by atoms with Crippen LogP contribution in [-0.4, -0.2) is 37.3 Å². The topological polar surface area (TPSA) is 69.9 Å². The van der Waals surface area contributed by atoms with E-state index in [-0.39, 0.29) is 5.91 Å². The maximum Gasteiger partial charge on any atom is 0.337 e. The number of methoxy groups -OCH3 is 2. The highest BCUT2D eigenvalue weighted by Gasteiger charge is 2.11. The molecule has 3 aromatic rings. The van der Waals surface area contributed by atoms with E-state index in [2.05, 4.69) is 25.7 Å². The minimum Gasteiger partial charge on any atom is -0.465 e. The summed E-state index contributed by atoms with van der Waals surface area (Å²) in [5.41, 5.74) is 1.78. The van der Waals surface area contributed by atoms with Crippen LogP contribution in [-0.2, 0) is 16.0 Å². The summed E-state index contributed by atoms with van der Waals surface area (Å²) in [6.07, 6.45) is 0. The van der Waals surface area contributed by atoms with Gasteiger partial charge in [0.15, 0.2) is 4.80 Å². The number of fused-ring (bicyclic) bond motifs is 1. The van der Waals surface area contributed by atoms with Gasteiger partial charge in [-0.1, -0.05) is 27.3 Å². The van der Waals surface area contributed by atoms with Crippen LogP contribution in [0.5, 0.6) is 0 Å². The minimum absolute atomic E-state index is 0.372. The van der Waals surface area contributed by atoms with Crippen LogP contribution in [0.2, 0.25) is 0 Å². The fraction of sp³-hybridized carbons (Fsp3) is 0.211. The highest BCUT2D eigenvalue weighted by molar-refractivity contribution is 9.10. The van der Waals surface area contributed by atoms with Gasteiger partial charge >= 0.3 is 5.97 Å². The van der Waals surface area contributed by atoms with E-state index >= 15 is 0 Å². The standard InChI is InChI=1S/C19H17BrN2O4S/c1-25-10-9-22-15-8-7-14(20)11-16(15)27-19(22)21-17(23)12-3-5-13(6-4-12)18(24)26-2/h3-8,11H,9-10H2,1-2H3. The normalized spacial score (nSPS) is 11.7. The number of hydrogen-bond acceptors (Lipinski definition) is 5. The third-order valence-electron chi connectivity index (χ3n) is 3.91. The number of carbonyl (C=O) groups excluding carboxylic acids is 2. The number of ether oxygens (including phenoxy) is 2. The number of nitrogens with zero attached hydrogens (tertiary/aromatic N) is 2. The number of aromatic nitrogens is 1. The Morgan fingerprint density at radius 3 is 2.48 bits per heavy atom. The Kier molecular flexibility index (Phi) is 6.20. The average Bonchev–Trinajstić information content (AvgIpc) is 3.01. The second kappa shape index (κ2) is 8.60. The van der Waals surface area contributed by atoms with Crippen LogP contribution in [0.15, 0.2) is 51.9 Å². The van der Waals surface area contributed by atoms with Crippen molar-refractivity contribution in [3.63, 3.8) is 0 Å². The molecule has 0 unspecified atom stereocenters. The van der Waals surface area contributed by atoms with Crippen molar-refractivity contribution < 1.29 is 19.1 Å². The monoisotopic (exact) mass is 448 g/mol. The summed E-state index contributed by atoms with van der Waals surface area (Å²) in [5, 5.41) is 0. The summed E-state index contributed by atoms with van der Waals surface area (Å²) in [6.45, 7) is 1.10. The third-order valence-corrected chi connectivity index (χ3v) is 5.45. The number of thiazole rings is 1. The zero-order chi connectivity index (χ0) is 19.4. The molecule has 8 heteroatoms. The van der Waals surface area contributed by atoms with Gasteiger partial charge in [-0.2, -0.15) is 4.99 Å². The van der Waals surface area contributed by atoms with E-state index in [1.165, 1.54) is 18.4 Å². The second-order valence-corrected chi connectivity index (χ2v) is 7.55. The van der Waals surface area contributed by atoms with Crippen LogP contribution in [0.4, 0.5) is 0 Å². The lowest BCUT2D eigenvalue weighted by atomic mass is 10.1. The highest BCUT2D eigenvalue weighted by Crippen LogP contribution is 2.22. The van der Waals surface area contributed by atoms with Crippen LogP contribution in [0.1, 0.15) is 20.7 Å². The van der Waals surface area contributed by atoms with Crippen molar-refractivity contribution in [1.29, 1.82) is 0 Å². The summed E-state index contributed by atoms with van der Waals surface area (Å²) in [7, 11) is 2.95. The number of halogens is 1. The molecule has 0 radical (unpaired) electrons. The number of esters is 1. The molecule has 0 spiro atoms. The Hall–Kier alpha value is -2.29. The molecule has 0 fully saturated rings. The van der Waals surface area contributed by atoms with Crippen LogP contribution in [0.3, 0.4) is 0 Å². The van der Waals surface area contributed by atoms with Crippen molar-refractivity contribution in [3.8, 4) is 0 Å².